The Morgan fingerprint density at radius 1 is 1.30 bits per heavy atom. The van der Waals surface area contributed by atoms with Crippen LogP contribution < -0.4 is 5.32 Å². The molecule has 1 fully saturated rings. The van der Waals surface area contributed by atoms with Gasteiger partial charge >= 0.3 is 11.9 Å². The number of nitrogens with one attached hydrogen (secondary N) is 1. The van der Waals surface area contributed by atoms with E-state index >= 15 is 0 Å². The summed E-state index contributed by atoms with van der Waals surface area (Å²) in [5, 5.41) is 12.4. The van der Waals surface area contributed by atoms with Gasteiger partial charge in [0, 0.05) is 18.6 Å². The van der Waals surface area contributed by atoms with Crippen molar-refractivity contribution in [1.82, 2.24) is 10.2 Å². The van der Waals surface area contributed by atoms with Gasteiger partial charge in [0.2, 0.25) is 0 Å². The molecule has 1 aliphatic carbocycles. The molecule has 1 aliphatic rings. The van der Waals surface area contributed by atoms with Crippen molar-refractivity contribution in [2.75, 3.05) is 20.2 Å². The third-order valence-corrected chi connectivity index (χ3v) is 4.34. The predicted octanol–water partition coefficient (Wildman–Crippen LogP) is 1.50. The van der Waals surface area contributed by atoms with Crippen LogP contribution >= 0.6 is 0 Å². The van der Waals surface area contributed by atoms with E-state index < -0.39 is 5.97 Å². The van der Waals surface area contributed by atoms with Crippen molar-refractivity contribution in [2.24, 2.45) is 0 Å². The molecule has 1 aromatic carbocycles. The van der Waals surface area contributed by atoms with Crippen LogP contribution in [0.25, 0.3) is 0 Å². The molecule has 6 nitrogen and oxygen atoms in total. The number of esters is 1. The molecular weight excluding hydrogens is 296 g/mol. The lowest BCUT2D eigenvalue weighted by Crippen LogP contribution is -2.53. The highest BCUT2D eigenvalue weighted by atomic mass is 16.5. The van der Waals surface area contributed by atoms with Crippen molar-refractivity contribution >= 4 is 11.9 Å². The van der Waals surface area contributed by atoms with Crippen LogP contribution in [0.5, 0.6) is 0 Å². The van der Waals surface area contributed by atoms with Crippen LogP contribution in [-0.4, -0.2) is 54.2 Å². The third-order valence-electron chi connectivity index (χ3n) is 4.34. The average molecular weight is 320 g/mol. The maximum atomic E-state index is 11.4. The second-order valence-electron chi connectivity index (χ2n) is 5.85. The first-order chi connectivity index (χ1) is 11.0. The highest BCUT2D eigenvalue weighted by Gasteiger charge is 2.33. The van der Waals surface area contributed by atoms with Gasteiger partial charge in [-0.05, 0) is 37.1 Å². The fraction of sp³-hybridized carbons (Fsp3) is 0.529. The summed E-state index contributed by atoms with van der Waals surface area (Å²) in [6, 6.07) is 8.13. The zero-order valence-corrected chi connectivity index (χ0v) is 13.6. The van der Waals surface area contributed by atoms with Crippen LogP contribution in [0.4, 0.5) is 0 Å². The minimum absolute atomic E-state index is 0.114. The molecule has 0 radical (unpaired) electrons. The van der Waals surface area contributed by atoms with Crippen LogP contribution in [0.2, 0.25) is 0 Å². The van der Waals surface area contributed by atoms with E-state index in [1.54, 1.807) is 12.1 Å². The maximum absolute atomic E-state index is 11.4. The Kier molecular flexibility index (Phi) is 6.12. The number of carbonyl (C=O) groups is 2. The van der Waals surface area contributed by atoms with Gasteiger partial charge in [-0.1, -0.05) is 19.1 Å². The van der Waals surface area contributed by atoms with Crippen LogP contribution in [0.15, 0.2) is 24.3 Å². The summed E-state index contributed by atoms with van der Waals surface area (Å²) in [7, 11) is 1.37. The number of carbonyl (C=O) groups excluding carboxylic acids is 1. The fourth-order valence-electron chi connectivity index (χ4n) is 2.86. The lowest BCUT2D eigenvalue weighted by Gasteiger charge is -2.42. The Balaban J connectivity index is 1.74. The standard InChI is InChI=1S/C17H24N2O4/c1-3-19(11-16(20)21)15-8-14(9-15)18-10-12-4-6-13(7-5-12)17(22)23-2/h4-7,14-15,18H,3,8-11H2,1-2H3,(H,20,21). The Morgan fingerprint density at radius 2 is 1.96 bits per heavy atom. The molecule has 0 unspecified atom stereocenters. The number of ether oxygens (including phenoxy) is 1. The highest BCUT2D eigenvalue weighted by molar-refractivity contribution is 5.89. The van der Waals surface area contributed by atoms with Gasteiger partial charge in [-0.15, -0.1) is 0 Å². The zero-order chi connectivity index (χ0) is 16.8. The van der Waals surface area contributed by atoms with E-state index in [1.165, 1.54) is 7.11 Å². The molecule has 2 rings (SSSR count). The molecule has 6 heteroatoms. The average Bonchev–Trinajstić information content (AvgIpc) is 2.51. The third kappa shape index (κ3) is 4.77. The van der Waals surface area contributed by atoms with Gasteiger partial charge in [-0.3, -0.25) is 9.69 Å². The zero-order valence-electron chi connectivity index (χ0n) is 13.6. The molecule has 0 spiro atoms. The van der Waals surface area contributed by atoms with Crippen molar-refractivity contribution in [3.8, 4) is 0 Å². The minimum atomic E-state index is -0.769. The van der Waals surface area contributed by atoms with Gasteiger partial charge < -0.3 is 15.2 Å². The van der Waals surface area contributed by atoms with Gasteiger partial charge in [0.15, 0.2) is 0 Å². The Labute approximate surface area is 136 Å². The SMILES string of the molecule is CCN(CC(=O)O)C1CC(NCc2ccc(C(=O)OC)cc2)C1. The van der Waals surface area contributed by atoms with Crippen LogP contribution in [-0.2, 0) is 16.1 Å². The summed E-state index contributed by atoms with van der Waals surface area (Å²) in [4.78, 5) is 24.2. The molecule has 23 heavy (non-hydrogen) atoms. The quantitative estimate of drug-likeness (QED) is 0.707. The molecule has 0 aliphatic heterocycles. The Bertz CT molecular complexity index is 538. The van der Waals surface area contributed by atoms with E-state index in [2.05, 4.69) is 10.1 Å². The smallest absolute Gasteiger partial charge is 0.337 e. The molecule has 0 aromatic heterocycles. The van der Waals surface area contributed by atoms with Gasteiger partial charge in [0.25, 0.3) is 0 Å². The molecule has 0 amide bonds. The van der Waals surface area contributed by atoms with Crippen LogP contribution in [0.3, 0.4) is 0 Å². The summed E-state index contributed by atoms with van der Waals surface area (Å²) in [6.07, 6.45) is 1.95. The minimum Gasteiger partial charge on any atom is -0.480 e. The number of carboxylic acids is 1. The number of nitrogens with zero attached hydrogens (tertiary/aromatic N) is 1. The molecular formula is C17H24N2O4. The number of rotatable bonds is 8. The molecule has 0 bridgehead atoms. The van der Waals surface area contributed by atoms with E-state index in [9.17, 15) is 9.59 Å². The Hall–Kier alpha value is -1.92. The topological polar surface area (TPSA) is 78.9 Å². The molecule has 0 saturated heterocycles. The van der Waals surface area contributed by atoms with Crippen molar-refractivity contribution in [3.63, 3.8) is 0 Å². The molecule has 1 saturated carbocycles. The van der Waals surface area contributed by atoms with Crippen molar-refractivity contribution in [2.45, 2.75) is 38.4 Å². The number of hydrogen-bond acceptors (Lipinski definition) is 5. The van der Waals surface area contributed by atoms with E-state index in [0.29, 0.717) is 17.6 Å². The monoisotopic (exact) mass is 320 g/mol. The lowest BCUT2D eigenvalue weighted by molar-refractivity contribution is -0.139. The first-order valence-corrected chi connectivity index (χ1v) is 7.90. The summed E-state index contributed by atoms with van der Waals surface area (Å²) in [6.45, 7) is 3.61. The van der Waals surface area contributed by atoms with Crippen molar-refractivity contribution < 1.29 is 19.4 Å². The lowest BCUT2D eigenvalue weighted by atomic mass is 9.85. The van der Waals surface area contributed by atoms with E-state index in [4.69, 9.17) is 5.11 Å². The molecule has 2 N–H and O–H groups in total. The van der Waals surface area contributed by atoms with Gasteiger partial charge in [0.05, 0.1) is 19.2 Å². The first-order valence-electron chi connectivity index (χ1n) is 7.90. The van der Waals surface area contributed by atoms with Crippen molar-refractivity contribution in [1.29, 1.82) is 0 Å². The summed E-state index contributed by atoms with van der Waals surface area (Å²) in [5.41, 5.74) is 1.66. The number of aliphatic carboxylic acids is 1. The van der Waals surface area contributed by atoms with Crippen LogP contribution in [0.1, 0.15) is 35.7 Å². The number of methoxy groups -OCH3 is 1. The summed E-state index contributed by atoms with van der Waals surface area (Å²) < 4.78 is 4.67. The second kappa shape index (κ2) is 8.08. The van der Waals surface area contributed by atoms with Gasteiger partial charge in [-0.25, -0.2) is 4.79 Å². The number of carboxylic acid groups (broad SMARTS) is 1. The van der Waals surface area contributed by atoms with Gasteiger partial charge in [0.1, 0.15) is 0 Å². The van der Waals surface area contributed by atoms with Gasteiger partial charge in [-0.2, -0.15) is 0 Å². The number of likely N-dealkylation sites (N-methyl/N-ethyl adjacent to an activating group) is 1. The van der Waals surface area contributed by atoms with E-state index in [0.717, 1.165) is 31.5 Å². The highest BCUT2D eigenvalue weighted by Crippen LogP contribution is 2.25. The Morgan fingerprint density at radius 3 is 2.48 bits per heavy atom. The van der Waals surface area contributed by atoms with Crippen molar-refractivity contribution in [3.05, 3.63) is 35.4 Å². The fourth-order valence-corrected chi connectivity index (χ4v) is 2.86. The second-order valence-corrected chi connectivity index (χ2v) is 5.85. The molecule has 126 valence electrons. The van der Waals surface area contributed by atoms with E-state index in [1.807, 2.05) is 24.0 Å². The molecule has 1 aromatic rings. The summed E-state index contributed by atoms with van der Waals surface area (Å²) >= 11 is 0. The maximum Gasteiger partial charge on any atom is 0.337 e. The normalized spacial score (nSPS) is 20.1. The molecule has 0 heterocycles. The molecule has 0 atom stereocenters. The van der Waals surface area contributed by atoms with E-state index in [-0.39, 0.29) is 12.5 Å². The summed E-state index contributed by atoms with van der Waals surface area (Å²) in [5.74, 6) is -1.10. The number of hydrogen-bond donors (Lipinski definition) is 2. The first kappa shape index (κ1) is 17.4. The van der Waals surface area contributed by atoms with Crippen LogP contribution in [0, 0.1) is 0 Å². The number of benzene rings is 1. The largest absolute Gasteiger partial charge is 0.480 e. The predicted molar refractivity (Wildman–Crippen MR) is 86.3 cm³/mol.